The van der Waals surface area contributed by atoms with E-state index in [1.54, 1.807) is 11.3 Å². The fourth-order valence-electron chi connectivity index (χ4n) is 6.15. The van der Waals surface area contributed by atoms with Gasteiger partial charge in [-0.3, -0.25) is 9.69 Å². The Morgan fingerprint density at radius 1 is 1.00 bits per heavy atom. The number of para-hydroxylation sites is 1. The average Bonchev–Trinajstić information content (AvgIpc) is 3.77. The minimum absolute atomic E-state index is 0.0935. The molecule has 3 heterocycles. The number of carboxylic acid groups (broad SMARTS) is 1. The number of nitrogens with one attached hydrogen (secondary N) is 2. The van der Waals surface area contributed by atoms with Crippen LogP contribution in [-0.2, 0) is 22.4 Å². The van der Waals surface area contributed by atoms with Gasteiger partial charge < -0.3 is 29.6 Å². The number of aromatic nitrogens is 3. The van der Waals surface area contributed by atoms with Crippen LogP contribution in [0.25, 0.3) is 0 Å². The highest BCUT2D eigenvalue weighted by molar-refractivity contribution is 7.09. The molecule has 6 rings (SSSR count). The Morgan fingerprint density at radius 3 is 2.36 bits per heavy atom. The fourth-order valence-corrected chi connectivity index (χ4v) is 6.76. The zero-order valence-corrected chi connectivity index (χ0v) is 28.7. The molecular formula is C37H40N6O6S. The van der Waals surface area contributed by atoms with Crippen LogP contribution in [0, 0.1) is 6.92 Å². The van der Waals surface area contributed by atoms with Crippen LogP contribution in [0.3, 0.4) is 0 Å². The molecule has 12 nitrogen and oxygen atoms in total. The van der Waals surface area contributed by atoms with Gasteiger partial charge in [-0.05, 0) is 42.5 Å². The van der Waals surface area contributed by atoms with E-state index in [1.165, 1.54) is 7.05 Å². The van der Waals surface area contributed by atoms with Gasteiger partial charge in [-0.15, -0.1) is 16.4 Å². The van der Waals surface area contributed by atoms with Crippen LogP contribution >= 0.6 is 11.3 Å². The largest absolute Gasteiger partial charge is 0.465 e. The molecule has 1 fully saturated rings. The van der Waals surface area contributed by atoms with Gasteiger partial charge in [0.2, 0.25) is 11.8 Å². The van der Waals surface area contributed by atoms with Crippen LogP contribution in [0.1, 0.15) is 45.6 Å². The van der Waals surface area contributed by atoms with Crippen molar-refractivity contribution in [3.05, 3.63) is 124 Å². The lowest BCUT2D eigenvalue weighted by Crippen LogP contribution is -2.48. The maximum absolute atomic E-state index is 14.1. The number of carbonyl (C=O) groups is 2. The van der Waals surface area contributed by atoms with Gasteiger partial charge in [-0.2, -0.15) is 0 Å². The second-order valence-electron chi connectivity index (χ2n) is 12.2. The van der Waals surface area contributed by atoms with E-state index in [2.05, 4.69) is 25.8 Å². The number of nitrogens with zero attached hydrogens (tertiary/aromatic N) is 4. The first-order valence-electron chi connectivity index (χ1n) is 16.5. The highest BCUT2D eigenvalue weighted by Crippen LogP contribution is 2.32. The molecule has 3 N–H and O–H groups in total. The SMILES string of the molecule is Cc1nc(Cc2nnc(OC[C@@H]3CNC[C@@H](CCc4ccccc4NC(=O)[C@H](C(c4ccccc4)c4ccccc4)N(C)C(=O)O)O3)o2)cs1. The Labute approximate surface area is 294 Å². The standard InChI is InChI=1S/C37H40N6O6S/c1-24-39-28(23-50-24)19-32-41-42-36(49-32)47-22-30-21-38-20-29(48-30)18-17-25-11-9-10-16-31(25)40-35(44)34(43(2)37(45)46)33(26-12-5-3-6-13-26)27-14-7-4-8-15-27/h3-16,23,29-30,33-34,38H,17-22H2,1-2H3,(H,40,44)(H,45,46)/t29-,30+,34+/m1/s1. The number of anilines is 1. The maximum Gasteiger partial charge on any atom is 0.414 e. The Bertz CT molecular complexity index is 1810. The van der Waals surface area contributed by atoms with E-state index in [0.717, 1.165) is 32.3 Å². The monoisotopic (exact) mass is 696 g/mol. The number of ether oxygens (including phenoxy) is 2. The second kappa shape index (κ2) is 16.5. The van der Waals surface area contributed by atoms with Crippen molar-refractivity contribution in [1.29, 1.82) is 0 Å². The third-order valence-corrected chi connectivity index (χ3v) is 9.42. The number of rotatable bonds is 14. The van der Waals surface area contributed by atoms with E-state index in [4.69, 9.17) is 13.9 Å². The number of amides is 2. The van der Waals surface area contributed by atoms with E-state index in [-0.39, 0.29) is 24.9 Å². The Balaban J connectivity index is 1.09. The molecule has 13 heteroatoms. The van der Waals surface area contributed by atoms with Gasteiger partial charge in [-0.25, -0.2) is 9.78 Å². The van der Waals surface area contributed by atoms with Crippen molar-refractivity contribution in [3.63, 3.8) is 0 Å². The topological polar surface area (TPSA) is 152 Å². The number of aryl methyl sites for hydroxylation is 2. The van der Waals surface area contributed by atoms with Gasteiger partial charge in [0.25, 0.3) is 0 Å². The molecule has 50 heavy (non-hydrogen) atoms. The Morgan fingerprint density at radius 2 is 1.68 bits per heavy atom. The van der Waals surface area contributed by atoms with Crippen LogP contribution < -0.4 is 15.4 Å². The molecule has 0 unspecified atom stereocenters. The first kappa shape index (κ1) is 34.7. The molecule has 1 aliphatic heterocycles. The Hall–Kier alpha value is -5.11. The summed E-state index contributed by atoms with van der Waals surface area (Å²) in [6.45, 7) is 3.48. The lowest BCUT2D eigenvalue weighted by Gasteiger charge is -2.33. The van der Waals surface area contributed by atoms with Crippen molar-refractivity contribution in [2.75, 3.05) is 32.1 Å². The van der Waals surface area contributed by atoms with E-state index in [9.17, 15) is 14.7 Å². The summed E-state index contributed by atoms with van der Waals surface area (Å²) in [6.07, 6.45) is 0.336. The van der Waals surface area contributed by atoms with Crippen molar-refractivity contribution in [3.8, 4) is 6.08 Å². The first-order valence-corrected chi connectivity index (χ1v) is 17.4. The van der Waals surface area contributed by atoms with E-state index >= 15 is 0 Å². The van der Waals surface area contributed by atoms with E-state index in [1.807, 2.05) is 97.2 Å². The predicted octanol–water partition coefficient (Wildman–Crippen LogP) is 5.54. The van der Waals surface area contributed by atoms with Gasteiger partial charge >= 0.3 is 12.2 Å². The Kier molecular flexibility index (Phi) is 11.5. The molecule has 0 saturated carbocycles. The summed E-state index contributed by atoms with van der Waals surface area (Å²) in [4.78, 5) is 32.0. The molecule has 1 aliphatic rings. The van der Waals surface area contributed by atoms with Crippen molar-refractivity contribution < 1.29 is 28.6 Å². The molecule has 3 atom stereocenters. The zero-order chi connectivity index (χ0) is 34.9. The first-order chi connectivity index (χ1) is 24.3. The number of benzene rings is 3. The van der Waals surface area contributed by atoms with Gasteiger partial charge in [0.05, 0.1) is 23.2 Å². The summed E-state index contributed by atoms with van der Waals surface area (Å²) in [5, 5.41) is 27.6. The zero-order valence-electron chi connectivity index (χ0n) is 27.9. The summed E-state index contributed by atoms with van der Waals surface area (Å²) in [6, 6.07) is 25.6. The molecule has 0 radical (unpaired) electrons. The number of likely N-dealkylation sites (N-methyl/N-ethyl adjacent to an activating group) is 1. The van der Waals surface area contributed by atoms with Crippen molar-refractivity contribution in [2.24, 2.45) is 0 Å². The highest BCUT2D eigenvalue weighted by Gasteiger charge is 2.37. The molecule has 0 aliphatic carbocycles. The normalized spacial score (nSPS) is 16.5. The quantitative estimate of drug-likeness (QED) is 0.135. The van der Waals surface area contributed by atoms with Gasteiger partial charge in [0, 0.05) is 37.1 Å². The summed E-state index contributed by atoms with van der Waals surface area (Å²) in [7, 11) is 1.44. The predicted molar refractivity (Wildman–Crippen MR) is 189 cm³/mol. The molecule has 0 spiro atoms. The van der Waals surface area contributed by atoms with Gasteiger partial charge in [-0.1, -0.05) is 84.0 Å². The lowest BCUT2D eigenvalue weighted by molar-refractivity contribution is -0.120. The van der Waals surface area contributed by atoms with Crippen molar-refractivity contribution in [2.45, 2.75) is 50.4 Å². The molecule has 0 bridgehead atoms. The molecule has 5 aromatic rings. The third kappa shape index (κ3) is 8.91. The average molecular weight is 697 g/mol. The smallest absolute Gasteiger partial charge is 0.414 e. The maximum atomic E-state index is 14.1. The van der Waals surface area contributed by atoms with Gasteiger partial charge in [0.15, 0.2) is 0 Å². The van der Waals surface area contributed by atoms with Crippen molar-refractivity contribution in [1.82, 2.24) is 25.4 Å². The summed E-state index contributed by atoms with van der Waals surface area (Å²) >= 11 is 1.57. The number of morpholine rings is 1. The summed E-state index contributed by atoms with van der Waals surface area (Å²) < 4.78 is 17.8. The molecule has 2 aromatic heterocycles. The third-order valence-electron chi connectivity index (χ3n) is 8.60. The van der Waals surface area contributed by atoms with E-state index < -0.39 is 24.0 Å². The fraction of sp³-hybridized carbons (Fsp3) is 0.324. The minimum atomic E-state index is -1.19. The van der Waals surface area contributed by atoms with Crippen LogP contribution in [0.15, 0.2) is 94.7 Å². The number of thiazole rings is 1. The highest BCUT2D eigenvalue weighted by atomic mass is 32.1. The molecule has 1 saturated heterocycles. The summed E-state index contributed by atoms with van der Waals surface area (Å²) in [5.74, 6) is -0.514. The van der Waals surface area contributed by atoms with Crippen LogP contribution in [0.2, 0.25) is 0 Å². The van der Waals surface area contributed by atoms with Crippen LogP contribution in [0.4, 0.5) is 10.5 Å². The van der Waals surface area contributed by atoms with Gasteiger partial charge in [0.1, 0.15) is 18.8 Å². The minimum Gasteiger partial charge on any atom is -0.465 e. The molecular weight excluding hydrogens is 657 g/mol. The van der Waals surface area contributed by atoms with Crippen molar-refractivity contribution >= 4 is 29.0 Å². The van der Waals surface area contributed by atoms with Crippen LogP contribution in [0.5, 0.6) is 6.08 Å². The lowest BCUT2D eigenvalue weighted by atomic mass is 9.84. The van der Waals surface area contributed by atoms with E-state index in [0.29, 0.717) is 43.9 Å². The number of hydrogen-bond acceptors (Lipinski definition) is 10. The molecule has 260 valence electrons. The number of hydrogen-bond donors (Lipinski definition) is 3. The molecule has 2 amide bonds. The second-order valence-corrected chi connectivity index (χ2v) is 13.2. The summed E-state index contributed by atoms with van der Waals surface area (Å²) in [5.41, 5.74) is 4.11. The number of carbonyl (C=O) groups excluding carboxylic acids is 1. The van der Waals surface area contributed by atoms with Crippen LogP contribution in [-0.4, -0.2) is 82.2 Å². The molecule has 3 aromatic carbocycles.